The third kappa shape index (κ3) is 4.01. The lowest BCUT2D eigenvalue weighted by Gasteiger charge is -2.15. The van der Waals surface area contributed by atoms with Crippen molar-refractivity contribution in [3.63, 3.8) is 0 Å². The molecule has 0 aliphatic heterocycles. The molecule has 2 nitrogen and oxygen atoms in total. The Bertz CT molecular complexity index is 345. The molecular formula is C13H18FNO. The molecule has 0 aliphatic carbocycles. The number of nitrogens with one attached hydrogen (secondary N) is 1. The third-order valence-corrected chi connectivity index (χ3v) is 2.37. The minimum absolute atomic E-state index is 0.00401. The normalized spacial score (nSPS) is 12.6. The van der Waals surface area contributed by atoms with E-state index in [4.69, 9.17) is 0 Å². The Morgan fingerprint density at radius 2 is 1.81 bits per heavy atom. The summed E-state index contributed by atoms with van der Waals surface area (Å²) in [4.78, 5) is 11.4. The van der Waals surface area contributed by atoms with Crippen LogP contribution in [0.2, 0.25) is 0 Å². The van der Waals surface area contributed by atoms with E-state index >= 15 is 0 Å². The summed E-state index contributed by atoms with van der Waals surface area (Å²) in [7, 11) is 0. The second kappa shape index (κ2) is 5.64. The maximum absolute atomic E-state index is 12.7. The number of rotatable bonds is 4. The van der Waals surface area contributed by atoms with Crippen molar-refractivity contribution in [2.75, 3.05) is 0 Å². The summed E-state index contributed by atoms with van der Waals surface area (Å²) in [6.45, 7) is 5.67. The summed E-state index contributed by atoms with van der Waals surface area (Å²) in [6.07, 6.45) is 0.721. The van der Waals surface area contributed by atoms with Gasteiger partial charge in [0.2, 0.25) is 5.91 Å². The highest BCUT2D eigenvalue weighted by Gasteiger charge is 2.10. The number of hydrogen-bond donors (Lipinski definition) is 1. The summed E-state index contributed by atoms with van der Waals surface area (Å²) in [5.41, 5.74) is 1.03. The van der Waals surface area contributed by atoms with Gasteiger partial charge in [0, 0.05) is 12.0 Å². The van der Waals surface area contributed by atoms with Crippen LogP contribution in [0.5, 0.6) is 0 Å². The van der Waals surface area contributed by atoms with Crippen LogP contribution in [-0.2, 0) is 11.2 Å². The molecule has 0 unspecified atom stereocenters. The lowest BCUT2D eigenvalue weighted by molar-refractivity contribution is -0.124. The molecule has 16 heavy (non-hydrogen) atoms. The van der Waals surface area contributed by atoms with Gasteiger partial charge in [-0.25, -0.2) is 4.39 Å². The number of amides is 1. The second-order valence-electron chi connectivity index (χ2n) is 4.39. The molecule has 0 spiro atoms. The molecule has 0 aliphatic rings. The molecule has 0 bridgehead atoms. The molecule has 1 N–H and O–H groups in total. The average Bonchev–Trinajstić information content (AvgIpc) is 2.21. The van der Waals surface area contributed by atoms with Crippen molar-refractivity contribution in [3.8, 4) is 0 Å². The average molecular weight is 223 g/mol. The van der Waals surface area contributed by atoms with Crippen LogP contribution in [0.25, 0.3) is 0 Å². The second-order valence-corrected chi connectivity index (χ2v) is 4.39. The largest absolute Gasteiger partial charge is 0.353 e. The van der Waals surface area contributed by atoms with E-state index in [0.29, 0.717) is 0 Å². The van der Waals surface area contributed by atoms with Crippen LogP contribution < -0.4 is 5.32 Å². The molecule has 1 aromatic rings. The van der Waals surface area contributed by atoms with Gasteiger partial charge in [-0.05, 0) is 31.0 Å². The van der Waals surface area contributed by atoms with E-state index in [0.717, 1.165) is 12.0 Å². The van der Waals surface area contributed by atoms with E-state index in [1.165, 1.54) is 12.1 Å². The summed E-state index contributed by atoms with van der Waals surface area (Å²) in [5, 5.41) is 2.91. The first-order valence-electron chi connectivity index (χ1n) is 5.54. The van der Waals surface area contributed by atoms with Crippen LogP contribution in [0, 0.1) is 11.7 Å². The Hall–Kier alpha value is -1.38. The number of hydrogen-bond acceptors (Lipinski definition) is 1. The first-order valence-corrected chi connectivity index (χ1v) is 5.54. The topological polar surface area (TPSA) is 29.1 Å². The van der Waals surface area contributed by atoms with Crippen molar-refractivity contribution in [2.45, 2.75) is 33.2 Å². The zero-order valence-corrected chi connectivity index (χ0v) is 9.96. The van der Waals surface area contributed by atoms with Gasteiger partial charge in [-0.3, -0.25) is 4.79 Å². The highest BCUT2D eigenvalue weighted by Crippen LogP contribution is 2.06. The van der Waals surface area contributed by atoms with E-state index in [1.807, 2.05) is 20.8 Å². The summed E-state index contributed by atoms with van der Waals surface area (Å²) in [6, 6.07) is 6.43. The lowest BCUT2D eigenvalue weighted by atomic mass is 10.1. The SMILES string of the molecule is CC(C)C(=O)N[C@H](C)Cc1ccc(F)cc1. The van der Waals surface area contributed by atoms with Gasteiger partial charge in [-0.15, -0.1) is 0 Å². The van der Waals surface area contributed by atoms with Crippen LogP contribution in [-0.4, -0.2) is 11.9 Å². The maximum Gasteiger partial charge on any atom is 0.222 e. The minimum atomic E-state index is -0.234. The molecule has 0 aromatic heterocycles. The first kappa shape index (κ1) is 12.7. The number of benzene rings is 1. The molecule has 0 fully saturated rings. The number of halogens is 1. The third-order valence-electron chi connectivity index (χ3n) is 2.37. The lowest BCUT2D eigenvalue weighted by Crippen LogP contribution is -2.36. The summed E-state index contributed by atoms with van der Waals surface area (Å²) >= 11 is 0. The van der Waals surface area contributed by atoms with E-state index < -0.39 is 0 Å². The fourth-order valence-corrected chi connectivity index (χ4v) is 1.43. The van der Waals surface area contributed by atoms with Gasteiger partial charge < -0.3 is 5.32 Å². The van der Waals surface area contributed by atoms with Crippen molar-refractivity contribution < 1.29 is 9.18 Å². The molecule has 0 radical (unpaired) electrons. The van der Waals surface area contributed by atoms with Crippen LogP contribution >= 0.6 is 0 Å². The highest BCUT2D eigenvalue weighted by atomic mass is 19.1. The van der Waals surface area contributed by atoms with Crippen molar-refractivity contribution in [1.29, 1.82) is 0 Å². The van der Waals surface area contributed by atoms with E-state index in [9.17, 15) is 9.18 Å². The molecule has 0 saturated carbocycles. The van der Waals surface area contributed by atoms with Crippen LogP contribution in [0.3, 0.4) is 0 Å². The molecule has 1 atom stereocenters. The molecule has 1 rings (SSSR count). The molecule has 88 valence electrons. The Kier molecular flexibility index (Phi) is 4.47. The quantitative estimate of drug-likeness (QED) is 0.835. The first-order chi connectivity index (χ1) is 7.49. The van der Waals surface area contributed by atoms with E-state index in [1.54, 1.807) is 12.1 Å². The molecule has 1 aromatic carbocycles. The predicted octanol–water partition coefficient (Wildman–Crippen LogP) is 2.53. The van der Waals surface area contributed by atoms with Crippen LogP contribution in [0.15, 0.2) is 24.3 Å². The highest BCUT2D eigenvalue weighted by molar-refractivity contribution is 5.78. The molecule has 3 heteroatoms. The molecule has 1 amide bonds. The zero-order valence-electron chi connectivity index (χ0n) is 9.96. The maximum atomic E-state index is 12.7. The number of carbonyl (C=O) groups is 1. The van der Waals surface area contributed by atoms with Gasteiger partial charge in [0.05, 0.1) is 0 Å². The van der Waals surface area contributed by atoms with Gasteiger partial charge in [0.25, 0.3) is 0 Å². The fraction of sp³-hybridized carbons (Fsp3) is 0.462. The molecular weight excluding hydrogens is 205 g/mol. The van der Waals surface area contributed by atoms with E-state index in [2.05, 4.69) is 5.32 Å². The van der Waals surface area contributed by atoms with Crippen molar-refractivity contribution in [2.24, 2.45) is 5.92 Å². The summed E-state index contributed by atoms with van der Waals surface area (Å²) < 4.78 is 12.7. The standard InChI is InChI=1S/C13H18FNO/c1-9(2)13(16)15-10(3)8-11-4-6-12(14)7-5-11/h4-7,9-10H,8H2,1-3H3,(H,15,16)/t10-/m1/s1. The van der Waals surface area contributed by atoms with Crippen molar-refractivity contribution >= 4 is 5.91 Å². The van der Waals surface area contributed by atoms with Crippen LogP contribution in [0.4, 0.5) is 4.39 Å². The zero-order chi connectivity index (χ0) is 12.1. The Morgan fingerprint density at radius 1 is 1.25 bits per heavy atom. The summed E-state index contributed by atoms with van der Waals surface area (Å²) in [5.74, 6) is -0.187. The van der Waals surface area contributed by atoms with Crippen molar-refractivity contribution in [3.05, 3.63) is 35.6 Å². The predicted molar refractivity (Wildman–Crippen MR) is 62.5 cm³/mol. The number of carbonyl (C=O) groups excluding carboxylic acids is 1. The Labute approximate surface area is 95.9 Å². The van der Waals surface area contributed by atoms with E-state index in [-0.39, 0.29) is 23.7 Å². The molecule has 0 heterocycles. The smallest absolute Gasteiger partial charge is 0.222 e. The van der Waals surface area contributed by atoms with Gasteiger partial charge >= 0.3 is 0 Å². The fourth-order valence-electron chi connectivity index (χ4n) is 1.43. The molecule has 0 saturated heterocycles. The van der Waals surface area contributed by atoms with Crippen molar-refractivity contribution in [1.82, 2.24) is 5.32 Å². The Balaban J connectivity index is 2.48. The van der Waals surface area contributed by atoms with Gasteiger partial charge in [-0.2, -0.15) is 0 Å². The Morgan fingerprint density at radius 3 is 2.31 bits per heavy atom. The van der Waals surface area contributed by atoms with Gasteiger partial charge in [0.1, 0.15) is 5.82 Å². The minimum Gasteiger partial charge on any atom is -0.353 e. The van der Waals surface area contributed by atoms with Gasteiger partial charge in [-0.1, -0.05) is 26.0 Å². The van der Waals surface area contributed by atoms with Gasteiger partial charge in [0.15, 0.2) is 0 Å². The van der Waals surface area contributed by atoms with Crippen LogP contribution in [0.1, 0.15) is 26.3 Å². The monoisotopic (exact) mass is 223 g/mol.